The Morgan fingerprint density at radius 3 is 0.792 bits per heavy atom. The van der Waals surface area contributed by atoms with Crippen LogP contribution in [0.4, 0.5) is 0 Å². The van der Waals surface area contributed by atoms with Crippen LogP contribution in [0.15, 0.2) is 146 Å². The van der Waals surface area contributed by atoms with Crippen LogP contribution in [0.1, 0.15) is 265 Å². The fourth-order valence-corrected chi connectivity index (χ4v) is 8.18. The van der Waals surface area contributed by atoms with Crippen molar-refractivity contribution in [3.05, 3.63) is 146 Å². The van der Waals surface area contributed by atoms with Crippen LogP contribution in [0.25, 0.3) is 0 Å². The van der Waals surface area contributed by atoms with Gasteiger partial charge in [-0.1, -0.05) is 256 Å². The lowest BCUT2D eigenvalue weighted by molar-refractivity contribution is -0.167. The lowest BCUT2D eigenvalue weighted by Gasteiger charge is -2.18. The first-order valence-electron chi connectivity index (χ1n) is 31.3. The van der Waals surface area contributed by atoms with Gasteiger partial charge in [-0.05, 0) is 135 Å². The maximum Gasteiger partial charge on any atom is 0.306 e. The average Bonchev–Trinajstić information content (AvgIpc) is 3.43. The van der Waals surface area contributed by atoms with Crippen molar-refractivity contribution in [3.63, 3.8) is 0 Å². The van der Waals surface area contributed by atoms with Crippen LogP contribution in [0, 0.1) is 0 Å². The number of carbonyl (C=O) groups is 3. The van der Waals surface area contributed by atoms with E-state index in [0.29, 0.717) is 19.3 Å². The molecule has 0 heterocycles. The molecule has 0 aromatic carbocycles. The summed E-state index contributed by atoms with van der Waals surface area (Å²) in [5.41, 5.74) is 0. The Kier molecular flexibility index (Phi) is 59.9. The second-order valence-electron chi connectivity index (χ2n) is 20.2. The number of hydrogen-bond acceptors (Lipinski definition) is 6. The van der Waals surface area contributed by atoms with Crippen LogP contribution >= 0.6 is 0 Å². The Morgan fingerprint density at radius 2 is 0.506 bits per heavy atom. The predicted octanol–water partition coefficient (Wildman–Crippen LogP) is 21.5. The first-order valence-corrected chi connectivity index (χ1v) is 31.3. The molecule has 0 aromatic rings. The van der Waals surface area contributed by atoms with Crippen molar-refractivity contribution >= 4 is 17.9 Å². The van der Waals surface area contributed by atoms with Gasteiger partial charge in [-0.2, -0.15) is 0 Å². The van der Waals surface area contributed by atoms with Crippen LogP contribution < -0.4 is 0 Å². The third kappa shape index (κ3) is 62.0. The summed E-state index contributed by atoms with van der Waals surface area (Å²) >= 11 is 0. The SMILES string of the molecule is CC/C=C\C/C=C\C/C=C\C/C=C\C/C=C\C/C=C\CCCCCCC(=O)OCC(COC(=O)CCCCCCC/C=C\C/C=C\CCC)OC(=O)CCCCCCCCCCCC/C=C\C/C=C\C/C=C\C/C=C\CC. The Morgan fingerprint density at radius 1 is 0.273 bits per heavy atom. The predicted molar refractivity (Wildman–Crippen MR) is 334 cm³/mol. The lowest BCUT2D eigenvalue weighted by atomic mass is 10.0. The van der Waals surface area contributed by atoms with E-state index in [2.05, 4.69) is 167 Å². The van der Waals surface area contributed by atoms with Crippen molar-refractivity contribution in [2.24, 2.45) is 0 Å². The first-order chi connectivity index (χ1) is 38.0. The zero-order valence-electron chi connectivity index (χ0n) is 49.7. The highest BCUT2D eigenvalue weighted by atomic mass is 16.6. The number of esters is 3. The summed E-state index contributed by atoms with van der Waals surface area (Å²) in [5, 5.41) is 0. The fraction of sp³-hybridized carbons (Fsp3) is 0.620. The summed E-state index contributed by atoms with van der Waals surface area (Å²) in [5.74, 6) is -0.945. The summed E-state index contributed by atoms with van der Waals surface area (Å²) in [6.07, 6.45) is 91.3. The van der Waals surface area contributed by atoms with Crippen LogP contribution in [0.3, 0.4) is 0 Å². The maximum atomic E-state index is 12.9. The zero-order valence-corrected chi connectivity index (χ0v) is 49.7. The minimum absolute atomic E-state index is 0.100. The van der Waals surface area contributed by atoms with Gasteiger partial charge in [0.1, 0.15) is 13.2 Å². The van der Waals surface area contributed by atoms with Gasteiger partial charge in [-0.15, -0.1) is 0 Å². The minimum atomic E-state index is -0.805. The quantitative estimate of drug-likeness (QED) is 0.0261. The molecule has 0 aliphatic rings. The summed E-state index contributed by atoms with van der Waals surface area (Å²) in [7, 11) is 0. The van der Waals surface area contributed by atoms with E-state index < -0.39 is 6.10 Å². The molecule has 434 valence electrons. The molecule has 0 saturated carbocycles. The molecule has 6 heteroatoms. The molecule has 1 unspecified atom stereocenters. The molecule has 0 rings (SSSR count). The molecule has 0 spiro atoms. The maximum absolute atomic E-state index is 12.9. The molecule has 1 atom stereocenters. The van der Waals surface area contributed by atoms with E-state index in [4.69, 9.17) is 14.2 Å². The molecule has 0 radical (unpaired) electrons. The highest BCUT2D eigenvalue weighted by Gasteiger charge is 2.19. The van der Waals surface area contributed by atoms with Crippen molar-refractivity contribution in [2.45, 2.75) is 271 Å². The van der Waals surface area contributed by atoms with Crippen molar-refractivity contribution < 1.29 is 28.6 Å². The van der Waals surface area contributed by atoms with E-state index >= 15 is 0 Å². The fourth-order valence-electron chi connectivity index (χ4n) is 8.18. The summed E-state index contributed by atoms with van der Waals surface area (Å²) in [6, 6.07) is 0. The first kappa shape index (κ1) is 72.3. The van der Waals surface area contributed by atoms with E-state index in [1.807, 2.05) is 0 Å². The van der Waals surface area contributed by atoms with Crippen LogP contribution in [0.5, 0.6) is 0 Å². The molecule has 0 aliphatic heterocycles. The van der Waals surface area contributed by atoms with Crippen LogP contribution in [0.2, 0.25) is 0 Å². The van der Waals surface area contributed by atoms with E-state index in [1.54, 1.807) is 0 Å². The van der Waals surface area contributed by atoms with Gasteiger partial charge in [-0.25, -0.2) is 0 Å². The Labute approximate surface area is 474 Å². The molecule has 0 saturated heterocycles. The molecule has 0 amide bonds. The Bertz CT molecular complexity index is 1700. The Hall–Kier alpha value is -4.71. The molecular weight excluding hydrogens is 949 g/mol. The van der Waals surface area contributed by atoms with Crippen molar-refractivity contribution in [3.8, 4) is 0 Å². The molecule has 0 N–H and O–H groups in total. The number of unbranched alkanes of at least 4 members (excludes halogenated alkanes) is 20. The second-order valence-corrected chi connectivity index (χ2v) is 20.2. The van der Waals surface area contributed by atoms with Gasteiger partial charge in [-0.3, -0.25) is 14.4 Å². The largest absolute Gasteiger partial charge is 0.462 e. The van der Waals surface area contributed by atoms with Gasteiger partial charge in [0.2, 0.25) is 0 Å². The van der Waals surface area contributed by atoms with E-state index in [0.717, 1.165) is 167 Å². The van der Waals surface area contributed by atoms with Gasteiger partial charge in [0.05, 0.1) is 0 Å². The number of carbonyl (C=O) groups excluding carboxylic acids is 3. The second kappa shape index (κ2) is 63.8. The zero-order chi connectivity index (χ0) is 55.7. The molecule has 0 fully saturated rings. The van der Waals surface area contributed by atoms with Crippen molar-refractivity contribution in [2.75, 3.05) is 13.2 Å². The standard InChI is InChI=1S/C71H114O6/c1-4-7-10-13-16-19-22-25-27-29-31-33-35-37-39-41-43-46-49-52-55-58-61-64-70(73)76-67-68(66-75-69(72)63-60-57-54-51-48-45-24-21-18-15-12-9-6-3)77-71(74)65-62-59-56-53-50-47-44-42-40-38-36-34-32-30-28-26-23-20-17-14-11-8-5-2/h7-8,10-12,15-17,19-21,24-28,31-34,37,39,43,46,68H,4-6,9,13-14,18,22-23,29-30,35-36,38,40-42,44-45,47-67H2,1-3H3/b10-7-,11-8-,15-12-,19-16-,20-17-,24-21-,27-25-,28-26-,33-31-,34-32-,39-37-,46-43-. The molecule has 0 aromatic heterocycles. The number of rotatable bonds is 55. The van der Waals surface area contributed by atoms with Gasteiger partial charge in [0, 0.05) is 19.3 Å². The molecular formula is C71H114O6. The topological polar surface area (TPSA) is 78.9 Å². The van der Waals surface area contributed by atoms with Gasteiger partial charge in [0.15, 0.2) is 6.10 Å². The monoisotopic (exact) mass is 1060 g/mol. The smallest absolute Gasteiger partial charge is 0.306 e. The van der Waals surface area contributed by atoms with Gasteiger partial charge >= 0.3 is 17.9 Å². The average molecular weight is 1060 g/mol. The van der Waals surface area contributed by atoms with Crippen LogP contribution in [-0.4, -0.2) is 37.2 Å². The van der Waals surface area contributed by atoms with Gasteiger partial charge in [0.25, 0.3) is 0 Å². The lowest BCUT2D eigenvalue weighted by Crippen LogP contribution is -2.30. The number of hydrogen-bond donors (Lipinski definition) is 0. The van der Waals surface area contributed by atoms with E-state index in [1.165, 1.54) is 57.8 Å². The van der Waals surface area contributed by atoms with Crippen molar-refractivity contribution in [1.29, 1.82) is 0 Å². The normalized spacial score (nSPS) is 13.1. The minimum Gasteiger partial charge on any atom is -0.462 e. The number of allylic oxidation sites excluding steroid dienone is 24. The summed E-state index contributed by atoms with van der Waals surface area (Å²) in [6.45, 7) is 6.31. The molecule has 77 heavy (non-hydrogen) atoms. The van der Waals surface area contributed by atoms with Crippen LogP contribution in [-0.2, 0) is 28.6 Å². The van der Waals surface area contributed by atoms with Gasteiger partial charge < -0.3 is 14.2 Å². The summed E-state index contributed by atoms with van der Waals surface area (Å²) < 4.78 is 16.9. The highest BCUT2D eigenvalue weighted by molar-refractivity contribution is 5.71. The van der Waals surface area contributed by atoms with Crippen molar-refractivity contribution in [1.82, 2.24) is 0 Å². The summed E-state index contributed by atoms with van der Waals surface area (Å²) in [4.78, 5) is 38.3. The Balaban J connectivity index is 4.43. The highest BCUT2D eigenvalue weighted by Crippen LogP contribution is 2.15. The molecule has 0 aliphatic carbocycles. The molecule has 6 nitrogen and oxygen atoms in total. The third-order valence-corrected chi connectivity index (χ3v) is 12.8. The van der Waals surface area contributed by atoms with E-state index in [9.17, 15) is 14.4 Å². The molecule has 0 bridgehead atoms. The van der Waals surface area contributed by atoms with E-state index in [-0.39, 0.29) is 31.1 Å². The number of ether oxygens (including phenoxy) is 3. The third-order valence-electron chi connectivity index (χ3n) is 12.8.